The van der Waals surface area contributed by atoms with Gasteiger partial charge in [0.25, 0.3) is 5.19 Å². The van der Waals surface area contributed by atoms with Gasteiger partial charge < -0.3 is 10.1 Å². The van der Waals surface area contributed by atoms with Gasteiger partial charge in [0.2, 0.25) is 0 Å². The third-order valence-corrected chi connectivity index (χ3v) is 2.97. The smallest absolute Gasteiger partial charge is 0.278 e. The minimum Gasteiger partial charge on any atom is -0.431 e. The maximum atomic E-state index is 5.75. The molecule has 2 rings (SSSR count). The molecule has 3 nitrogen and oxygen atoms in total. The number of benzene rings is 1. The number of hydrogen-bond donors (Lipinski definition) is 1. The van der Waals surface area contributed by atoms with Gasteiger partial charge in [0.15, 0.2) is 0 Å². The van der Waals surface area contributed by atoms with Crippen molar-refractivity contribution in [2.24, 2.45) is 0 Å². The molecule has 1 N–H and O–H groups in total. The predicted octanol–water partition coefficient (Wildman–Crippen LogP) is 2.96. The van der Waals surface area contributed by atoms with Gasteiger partial charge in [-0.2, -0.15) is 0 Å². The number of nitrogens with zero attached hydrogens (tertiary/aromatic N) is 1. The summed E-state index contributed by atoms with van der Waals surface area (Å²) in [6, 6.07) is 7.98. The topological polar surface area (TPSA) is 34.1 Å². The van der Waals surface area contributed by atoms with Gasteiger partial charge in [0.05, 0.1) is 5.69 Å². The van der Waals surface area contributed by atoms with E-state index in [9.17, 15) is 0 Å². The Hall–Kier alpha value is -1.39. The van der Waals surface area contributed by atoms with Crippen molar-refractivity contribution in [3.8, 4) is 10.9 Å². The molecule has 0 unspecified atom stereocenters. The average molecular weight is 234 g/mol. The van der Waals surface area contributed by atoms with Crippen molar-refractivity contribution in [3.05, 3.63) is 40.9 Å². The lowest BCUT2D eigenvalue weighted by molar-refractivity contribution is 0.470. The van der Waals surface area contributed by atoms with Gasteiger partial charge in [0, 0.05) is 17.5 Å². The van der Waals surface area contributed by atoms with E-state index in [0.717, 1.165) is 23.6 Å². The molecule has 1 heterocycles. The molecule has 0 saturated heterocycles. The van der Waals surface area contributed by atoms with E-state index in [2.05, 4.69) is 10.3 Å². The van der Waals surface area contributed by atoms with Crippen LogP contribution in [0.25, 0.3) is 0 Å². The van der Waals surface area contributed by atoms with E-state index in [4.69, 9.17) is 4.74 Å². The van der Waals surface area contributed by atoms with Crippen LogP contribution in [0, 0.1) is 6.92 Å². The Morgan fingerprint density at radius 3 is 2.88 bits per heavy atom. The minimum atomic E-state index is 0.695. The Bertz CT molecular complexity index is 468. The van der Waals surface area contributed by atoms with Gasteiger partial charge in [-0.25, -0.2) is 4.98 Å². The summed E-state index contributed by atoms with van der Waals surface area (Å²) < 4.78 is 5.75. The second-order valence-corrected chi connectivity index (χ2v) is 4.32. The fraction of sp³-hybridized carbons (Fsp3) is 0.250. The van der Waals surface area contributed by atoms with Crippen LogP contribution in [0.1, 0.15) is 11.3 Å². The maximum Gasteiger partial charge on any atom is 0.278 e. The summed E-state index contributed by atoms with van der Waals surface area (Å²) in [5, 5.41) is 5.80. The van der Waals surface area contributed by atoms with E-state index in [1.165, 1.54) is 11.3 Å². The van der Waals surface area contributed by atoms with Crippen LogP contribution in [0.4, 0.5) is 0 Å². The molecular formula is C12H14N2OS. The molecule has 0 saturated carbocycles. The molecule has 84 valence electrons. The van der Waals surface area contributed by atoms with Gasteiger partial charge in [0.1, 0.15) is 5.75 Å². The number of ether oxygens (including phenoxy) is 1. The molecule has 2 aromatic rings. The van der Waals surface area contributed by atoms with Crippen LogP contribution in [0.5, 0.6) is 10.9 Å². The summed E-state index contributed by atoms with van der Waals surface area (Å²) in [6.45, 7) is 2.75. The molecule has 0 atom stereocenters. The molecule has 1 aromatic heterocycles. The van der Waals surface area contributed by atoms with Gasteiger partial charge in [-0.1, -0.05) is 29.5 Å². The highest BCUT2D eigenvalue weighted by atomic mass is 32.1. The van der Waals surface area contributed by atoms with Gasteiger partial charge in [-0.15, -0.1) is 0 Å². The van der Waals surface area contributed by atoms with E-state index < -0.39 is 0 Å². The lowest BCUT2D eigenvalue weighted by Crippen LogP contribution is -2.06. The monoisotopic (exact) mass is 234 g/mol. The third-order valence-electron chi connectivity index (χ3n) is 2.14. The molecule has 0 amide bonds. The first kappa shape index (κ1) is 11.1. The number of rotatable bonds is 4. The summed E-state index contributed by atoms with van der Waals surface area (Å²) in [7, 11) is 1.92. The fourth-order valence-electron chi connectivity index (χ4n) is 1.41. The number of hydrogen-bond acceptors (Lipinski definition) is 4. The first-order valence-corrected chi connectivity index (χ1v) is 6.00. The molecular weight excluding hydrogens is 220 g/mol. The number of thiazole rings is 1. The van der Waals surface area contributed by atoms with Crippen LogP contribution in [0.3, 0.4) is 0 Å². The SMILES string of the molecule is CNCc1ccccc1Oc1nc(C)cs1. The molecule has 0 fully saturated rings. The van der Waals surface area contributed by atoms with E-state index in [0.29, 0.717) is 5.19 Å². The summed E-state index contributed by atoms with van der Waals surface area (Å²) in [5.74, 6) is 0.867. The standard InChI is InChI=1S/C12H14N2OS/c1-9-8-16-12(14-9)15-11-6-4-3-5-10(11)7-13-2/h3-6,8,13H,7H2,1-2H3. The number of aryl methyl sites for hydroxylation is 1. The quantitative estimate of drug-likeness (QED) is 0.883. The van der Waals surface area contributed by atoms with Gasteiger partial charge in [-0.05, 0) is 20.0 Å². The Balaban J connectivity index is 2.20. The highest BCUT2D eigenvalue weighted by Gasteiger charge is 2.05. The lowest BCUT2D eigenvalue weighted by Gasteiger charge is -2.07. The molecule has 16 heavy (non-hydrogen) atoms. The summed E-state index contributed by atoms with van der Waals surface area (Å²) >= 11 is 1.52. The van der Waals surface area contributed by atoms with Crippen molar-refractivity contribution in [1.82, 2.24) is 10.3 Å². The molecule has 1 aromatic carbocycles. The summed E-state index contributed by atoms with van der Waals surface area (Å²) in [5.41, 5.74) is 2.13. The second-order valence-electron chi connectivity index (χ2n) is 3.49. The van der Waals surface area contributed by atoms with Crippen LogP contribution < -0.4 is 10.1 Å². The molecule has 0 aliphatic carbocycles. The Morgan fingerprint density at radius 1 is 1.38 bits per heavy atom. The Labute approximate surface area is 99.1 Å². The second kappa shape index (κ2) is 5.09. The largest absolute Gasteiger partial charge is 0.431 e. The fourth-order valence-corrected chi connectivity index (χ4v) is 2.07. The minimum absolute atomic E-state index is 0.695. The van der Waals surface area contributed by atoms with E-state index >= 15 is 0 Å². The molecule has 4 heteroatoms. The normalized spacial score (nSPS) is 10.4. The average Bonchev–Trinajstić information content (AvgIpc) is 2.67. The zero-order valence-corrected chi connectivity index (χ0v) is 10.2. The van der Waals surface area contributed by atoms with Crippen molar-refractivity contribution < 1.29 is 4.74 Å². The maximum absolute atomic E-state index is 5.75. The highest BCUT2D eigenvalue weighted by molar-refractivity contribution is 7.11. The van der Waals surface area contributed by atoms with Crippen molar-refractivity contribution in [3.63, 3.8) is 0 Å². The molecule has 0 radical (unpaired) electrons. The Morgan fingerprint density at radius 2 is 2.19 bits per heavy atom. The summed E-state index contributed by atoms with van der Waals surface area (Å²) in [6.07, 6.45) is 0. The molecule has 0 aliphatic rings. The van der Waals surface area contributed by atoms with Gasteiger partial charge in [-0.3, -0.25) is 0 Å². The zero-order chi connectivity index (χ0) is 11.4. The molecule has 0 aliphatic heterocycles. The van der Waals surface area contributed by atoms with Crippen molar-refractivity contribution >= 4 is 11.3 Å². The predicted molar refractivity (Wildman–Crippen MR) is 66.1 cm³/mol. The number of aromatic nitrogens is 1. The Kier molecular flexibility index (Phi) is 3.54. The third kappa shape index (κ3) is 2.59. The first-order valence-electron chi connectivity index (χ1n) is 5.12. The van der Waals surface area contributed by atoms with Crippen molar-refractivity contribution in [2.45, 2.75) is 13.5 Å². The number of nitrogens with one attached hydrogen (secondary N) is 1. The first-order chi connectivity index (χ1) is 7.79. The molecule has 0 bridgehead atoms. The van der Waals surface area contributed by atoms with E-state index in [1.807, 2.05) is 43.6 Å². The van der Waals surface area contributed by atoms with Crippen molar-refractivity contribution in [2.75, 3.05) is 7.05 Å². The van der Waals surface area contributed by atoms with Crippen LogP contribution in [0.2, 0.25) is 0 Å². The van der Waals surface area contributed by atoms with Crippen LogP contribution in [0.15, 0.2) is 29.6 Å². The van der Waals surface area contributed by atoms with Crippen molar-refractivity contribution in [1.29, 1.82) is 0 Å². The van der Waals surface area contributed by atoms with Crippen LogP contribution in [-0.2, 0) is 6.54 Å². The van der Waals surface area contributed by atoms with Crippen LogP contribution in [-0.4, -0.2) is 12.0 Å². The van der Waals surface area contributed by atoms with E-state index in [-0.39, 0.29) is 0 Å². The summed E-state index contributed by atoms with van der Waals surface area (Å²) in [4.78, 5) is 4.28. The van der Waals surface area contributed by atoms with Gasteiger partial charge >= 0.3 is 0 Å². The van der Waals surface area contributed by atoms with Crippen LogP contribution >= 0.6 is 11.3 Å². The lowest BCUT2D eigenvalue weighted by atomic mass is 10.2. The highest BCUT2D eigenvalue weighted by Crippen LogP contribution is 2.27. The molecule has 0 spiro atoms. The van der Waals surface area contributed by atoms with E-state index in [1.54, 1.807) is 0 Å². The zero-order valence-electron chi connectivity index (χ0n) is 9.36. The number of para-hydroxylation sites is 1.